The largest absolute Gasteiger partial charge is 0.497 e. The zero-order valence-electron chi connectivity index (χ0n) is 14.0. The van der Waals surface area contributed by atoms with Crippen molar-refractivity contribution in [1.29, 1.82) is 0 Å². The molecular formula is C17H25NO3S. The van der Waals surface area contributed by atoms with E-state index in [-0.39, 0.29) is 16.7 Å². The van der Waals surface area contributed by atoms with Crippen LogP contribution in [0.1, 0.15) is 38.1 Å². The van der Waals surface area contributed by atoms with Crippen LogP contribution < -0.4 is 9.47 Å². The van der Waals surface area contributed by atoms with Gasteiger partial charge in [-0.3, -0.25) is 4.79 Å². The van der Waals surface area contributed by atoms with E-state index in [0.29, 0.717) is 6.42 Å². The Hall–Kier alpha value is -1.36. The first-order valence-electron chi connectivity index (χ1n) is 7.48. The lowest BCUT2D eigenvalue weighted by Crippen LogP contribution is -2.33. The molecule has 1 atom stereocenters. The van der Waals surface area contributed by atoms with E-state index in [9.17, 15) is 4.79 Å². The molecule has 1 aliphatic heterocycles. The Bertz CT molecular complexity index is 517. The third kappa shape index (κ3) is 4.09. The summed E-state index contributed by atoms with van der Waals surface area (Å²) in [4.78, 5) is 14.6. The third-order valence-corrected chi connectivity index (χ3v) is 4.81. The first kappa shape index (κ1) is 17.0. The minimum Gasteiger partial charge on any atom is -0.497 e. The monoisotopic (exact) mass is 323 g/mol. The summed E-state index contributed by atoms with van der Waals surface area (Å²) in [7, 11) is 3.28. The second-order valence-electron chi connectivity index (χ2n) is 6.69. The van der Waals surface area contributed by atoms with E-state index in [1.807, 2.05) is 23.1 Å². The van der Waals surface area contributed by atoms with Gasteiger partial charge in [-0.1, -0.05) is 20.8 Å². The number of methoxy groups -OCH3 is 2. The van der Waals surface area contributed by atoms with Gasteiger partial charge < -0.3 is 14.4 Å². The van der Waals surface area contributed by atoms with Gasteiger partial charge >= 0.3 is 0 Å². The van der Waals surface area contributed by atoms with Crippen LogP contribution in [0, 0.1) is 5.41 Å². The highest BCUT2D eigenvalue weighted by Crippen LogP contribution is 2.41. The van der Waals surface area contributed by atoms with Gasteiger partial charge in [0.2, 0.25) is 5.91 Å². The molecule has 1 heterocycles. The van der Waals surface area contributed by atoms with Gasteiger partial charge in [0, 0.05) is 24.8 Å². The van der Waals surface area contributed by atoms with E-state index in [1.165, 1.54) is 0 Å². The molecule has 0 bridgehead atoms. The van der Waals surface area contributed by atoms with Gasteiger partial charge in [-0.05, 0) is 23.1 Å². The summed E-state index contributed by atoms with van der Waals surface area (Å²) in [5.41, 5.74) is 1.06. The number of hydrogen-bond acceptors (Lipinski definition) is 4. The predicted molar refractivity (Wildman–Crippen MR) is 90.5 cm³/mol. The second kappa shape index (κ2) is 6.82. The normalized spacial score (nSPS) is 18.4. The van der Waals surface area contributed by atoms with Crippen molar-refractivity contribution in [1.82, 2.24) is 4.90 Å². The molecule has 1 aliphatic rings. The molecule has 1 aromatic carbocycles. The molecule has 1 unspecified atom stereocenters. The van der Waals surface area contributed by atoms with Crippen LogP contribution >= 0.6 is 11.8 Å². The minimum absolute atomic E-state index is 0.000950. The lowest BCUT2D eigenvalue weighted by Gasteiger charge is -2.28. The lowest BCUT2D eigenvalue weighted by molar-refractivity contribution is -0.133. The fourth-order valence-corrected chi connectivity index (χ4v) is 3.79. The van der Waals surface area contributed by atoms with Crippen LogP contribution in [-0.2, 0) is 4.79 Å². The van der Waals surface area contributed by atoms with Gasteiger partial charge in [0.05, 0.1) is 14.2 Å². The number of benzene rings is 1. The van der Waals surface area contributed by atoms with Crippen molar-refractivity contribution in [3.63, 3.8) is 0 Å². The fraction of sp³-hybridized carbons (Fsp3) is 0.588. The highest BCUT2D eigenvalue weighted by Gasteiger charge is 2.32. The van der Waals surface area contributed by atoms with E-state index in [4.69, 9.17) is 9.47 Å². The molecule has 0 saturated carbocycles. The summed E-state index contributed by atoms with van der Waals surface area (Å²) in [6, 6.07) is 5.83. The van der Waals surface area contributed by atoms with Gasteiger partial charge in [-0.15, -0.1) is 11.8 Å². The number of carbonyl (C=O) groups excluding carboxylic acids is 1. The van der Waals surface area contributed by atoms with Crippen molar-refractivity contribution in [2.75, 3.05) is 26.5 Å². The predicted octanol–water partition coefficient (Wildman–Crippen LogP) is 3.71. The molecule has 4 nitrogen and oxygen atoms in total. The first-order valence-corrected chi connectivity index (χ1v) is 8.53. The van der Waals surface area contributed by atoms with Crippen molar-refractivity contribution in [3.8, 4) is 11.5 Å². The molecule has 1 saturated heterocycles. The van der Waals surface area contributed by atoms with Crippen molar-refractivity contribution >= 4 is 17.7 Å². The van der Waals surface area contributed by atoms with E-state index in [0.717, 1.165) is 29.4 Å². The Morgan fingerprint density at radius 1 is 1.23 bits per heavy atom. The van der Waals surface area contributed by atoms with E-state index in [2.05, 4.69) is 20.8 Å². The molecular weight excluding hydrogens is 298 g/mol. The molecule has 0 radical (unpaired) electrons. The standard InChI is InChI=1S/C17H25NO3S/c1-17(2,3)11-15(19)18-6-7-22-16(18)12-8-13(20-4)10-14(9-12)21-5/h8-10,16H,6-7,11H2,1-5H3. The number of amides is 1. The molecule has 1 aromatic rings. The maximum absolute atomic E-state index is 12.6. The van der Waals surface area contributed by atoms with Gasteiger partial charge in [0.15, 0.2) is 0 Å². The van der Waals surface area contributed by atoms with Gasteiger partial charge in [-0.2, -0.15) is 0 Å². The summed E-state index contributed by atoms with van der Waals surface area (Å²) < 4.78 is 10.7. The molecule has 0 spiro atoms. The maximum Gasteiger partial charge on any atom is 0.224 e. The highest BCUT2D eigenvalue weighted by molar-refractivity contribution is 7.99. The molecule has 0 N–H and O–H groups in total. The van der Waals surface area contributed by atoms with Crippen LogP contribution in [0.5, 0.6) is 11.5 Å². The van der Waals surface area contributed by atoms with E-state index in [1.54, 1.807) is 26.0 Å². The Balaban J connectivity index is 2.25. The number of thioether (sulfide) groups is 1. The van der Waals surface area contributed by atoms with Gasteiger partial charge in [0.1, 0.15) is 16.9 Å². The van der Waals surface area contributed by atoms with Crippen LogP contribution in [-0.4, -0.2) is 37.3 Å². The quantitative estimate of drug-likeness (QED) is 0.846. The fourth-order valence-electron chi connectivity index (χ4n) is 2.53. The maximum atomic E-state index is 12.6. The van der Waals surface area contributed by atoms with Crippen molar-refractivity contribution in [3.05, 3.63) is 23.8 Å². The molecule has 0 aliphatic carbocycles. The average molecular weight is 323 g/mol. The Kier molecular flexibility index (Phi) is 5.27. The molecule has 122 valence electrons. The summed E-state index contributed by atoms with van der Waals surface area (Å²) in [6.07, 6.45) is 0.561. The van der Waals surface area contributed by atoms with Crippen LogP contribution in [0.4, 0.5) is 0 Å². The number of carbonyl (C=O) groups is 1. The summed E-state index contributed by atoms with van der Waals surface area (Å²) >= 11 is 1.79. The Morgan fingerprint density at radius 2 is 1.82 bits per heavy atom. The van der Waals surface area contributed by atoms with Crippen LogP contribution in [0.25, 0.3) is 0 Å². The summed E-state index contributed by atoms with van der Waals surface area (Å²) in [5.74, 6) is 2.68. The summed E-state index contributed by atoms with van der Waals surface area (Å²) in [6.45, 7) is 7.08. The topological polar surface area (TPSA) is 38.8 Å². The van der Waals surface area contributed by atoms with Gasteiger partial charge in [0.25, 0.3) is 0 Å². The molecule has 1 amide bonds. The Labute approximate surface area is 137 Å². The van der Waals surface area contributed by atoms with Crippen molar-refractivity contribution in [2.24, 2.45) is 5.41 Å². The molecule has 1 fully saturated rings. The van der Waals surface area contributed by atoms with Crippen LogP contribution in [0.3, 0.4) is 0 Å². The highest BCUT2D eigenvalue weighted by atomic mass is 32.2. The first-order chi connectivity index (χ1) is 10.3. The molecule has 22 heavy (non-hydrogen) atoms. The second-order valence-corrected chi connectivity index (χ2v) is 7.88. The SMILES string of the molecule is COc1cc(OC)cc(C2SCCN2C(=O)CC(C)(C)C)c1. The lowest BCUT2D eigenvalue weighted by atomic mass is 9.91. The average Bonchev–Trinajstić information content (AvgIpc) is 2.94. The Morgan fingerprint density at radius 3 is 2.32 bits per heavy atom. The van der Waals surface area contributed by atoms with E-state index < -0.39 is 0 Å². The number of hydrogen-bond donors (Lipinski definition) is 0. The van der Waals surface area contributed by atoms with Crippen molar-refractivity contribution in [2.45, 2.75) is 32.6 Å². The number of ether oxygens (including phenoxy) is 2. The zero-order valence-corrected chi connectivity index (χ0v) is 14.8. The minimum atomic E-state index is 0.000950. The van der Waals surface area contributed by atoms with E-state index >= 15 is 0 Å². The molecule has 0 aromatic heterocycles. The zero-order chi connectivity index (χ0) is 16.3. The number of nitrogens with zero attached hydrogens (tertiary/aromatic N) is 1. The third-order valence-electron chi connectivity index (χ3n) is 3.55. The van der Waals surface area contributed by atoms with Crippen molar-refractivity contribution < 1.29 is 14.3 Å². The number of rotatable bonds is 4. The van der Waals surface area contributed by atoms with Gasteiger partial charge in [-0.25, -0.2) is 0 Å². The van der Waals surface area contributed by atoms with Crippen LogP contribution in [0.2, 0.25) is 0 Å². The van der Waals surface area contributed by atoms with Crippen LogP contribution in [0.15, 0.2) is 18.2 Å². The summed E-state index contributed by atoms with van der Waals surface area (Å²) in [5, 5.41) is 0.0406. The smallest absolute Gasteiger partial charge is 0.224 e. The molecule has 5 heteroatoms. The molecule has 2 rings (SSSR count).